The molecule has 1 amide bonds. The molecular weight excluding hydrogens is 409 g/mol. The number of hydrogen-bond acceptors (Lipinski definition) is 5. The van der Waals surface area contributed by atoms with Gasteiger partial charge in [0.05, 0.1) is 11.9 Å². The van der Waals surface area contributed by atoms with Gasteiger partial charge in [-0.05, 0) is 18.2 Å². The van der Waals surface area contributed by atoms with Gasteiger partial charge in [0.2, 0.25) is 0 Å². The van der Waals surface area contributed by atoms with E-state index in [2.05, 4.69) is 9.98 Å². The average Bonchev–Trinajstić information content (AvgIpc) is 3.18. The fraction of sp³-hybridized carbons (Fsp3) is 0.150. The number of thiazole rings is 1. The number of aryl methyl sites for hydroxylation is 1. The van der Waals surface area contributed by atoms with E-state index in [0.29, 0.717) is 10.4 Å². The molecule has 3 aromatic heterocycles. The lowest BCUT2D eigenvalue weighted by atomic mass is 10.2. The first-order chi connectivity index (χ1) is 14.4. The molecule has 0 spiro atoms. The minimum absolute atomic E-state index is 0.00315. The van der Waals surface area contributed by atoms with E-state index in [-0.39, 0.29) is 29.1 Å². The van der Waals surface area contributed by atoms with Crippen LogP contribution in [0.2, 0.25) is 0 Å². The van der Waals surface area contributed by atoms with Crippen LogP contribution in [0.5, 0.6) is 0 Å². The van der Waals surface area contributed by atoms with Crippen molar-refractivity contribution in [2.75, 3.05) is 0 Å². The highest BCUT2D eigenvalue weighted by atomic mass is 32.1. The van der Waals surface area contributed by atoms with Crippen LogP contribution in [0, 0.1) is 5.82 Å². The second-order valence-corrected chi connectivity index (χ2v) is 7.47. The Labute approximate surface area is 172 Å². The Morgan fingerprint density at radius 2 is 1.90 bits per heavy atom. The number of pyridine rings is 1. The molecule has 0 saturated carbocycles. The van der Waals surface area contributed by atoms with Crippen molar-refractivity contribution in [2.24, 2.45) is 19.1 Å². The third-order valence-electron chi connectivity index (χ3n) is 4.68. The first-order valence-electron chi connectivity index (χ1n) is 8.90. The lowest BCUT2D eigenvalue weighted by molar-refractivity contribution is 0.0993. The van der Waals surface area contributed by atoms with E-state index in [1.165, 1.54) is 48.2 Å². The molecule has 152 valence electrons. The van der Waals surface area contributed by atoms with Crippen molar-refractivity contribution in [2.45, 2.75) is 6.54 Å². The molecule has 8 nitrogen and oxygen atoms in total. The maximum atomic E-state index is 13.9. The number of aromatic nitrogens is 4. The number of carbonyl (C=O) groups excluding carboxylic acids is 1. The fourth-order valence-electron chi connectivity index (χ4n) is 3.03. The van der Waals surface area contributed by atoms with Crippen molar-refractivity contribution in [3.63, 3.8) is 0 Å². The maximum Gasteiger partial charge on any atom is 0.332 e. The van der Waals surface area contributed by atoms with Crippen molar-refractivity contribution >= 4 is 28.3 Å². The highest BCUT2D eigenvalue weighted by Crippen LogP contribution is 2.09. The lowest BCUT2D eigenvalue weighted by Gasteiger charge is -2.07. The molecule has 0 bridgehead atoms. The van der Waals surface area contributed by atoms with Crippen LogP contribution < -0.4 is 16.1 Å². The molecular formula is C20H16FN5O3S. The largest absolute Gasteiger partial charge is 0.332 e. The second kappa shape index (κ2) is 7.64. The summed E-state index contributed by atoms with van der Waals surface area (Å²) in [5, 5.41) is 1.97. The van der Waals surface area contributed by atoms with Gasteiger partial charge in [-0.25, -0.2) is 14.2 Å². The first kappa shape index (κ1) is 19.6. The molecule has 0 saturated heterocycles. The van der Waals surface area contributed by atoms with E-state index in [4.69, 9.17) is 0 Å². The van der Waals surface area contributed by atoms with E-state index in [0.717, 1.165) is 4.57 Å². The molecule has 0 aliphatic carbocycles. The van der Waals surface area contributed by atoms with Crippen molar-refractivity contribution in [1.82, 2.24) is 18.7 Å². The molecule has 4 rings (SSSR count). The number of hydrogen-bond donors (Lipinski definition) is 0. The van der Waals surface area contributed by atoms with Crippen molar-refractivity contribution in [1.29, 1.82) is 0 Å². The number of carbonyl (C=O) groups is 1. The monoisotopic (exact) mass is 425 g/mol. The topological polar surface area (TPSA) is 91.2 Å². The zero-order valence-corrected chi connectivity index (χ0v) is 16.9. The first-order valence-corrected chi connectivity index (χ1v) is 9.78. The third-order valence-corrected chi connectivity index (χ3v) is 5.47. The van der Waals surface area contributed by atoms with Gasteiger partial charge in [0.25, 0.3) is 11.5 Å². The maximum absolute atomic E-state index is 13.9. The summed E-state index contributed by atoms with van der Waals surface area (Å²) in [5.74, 6) is -0.970. The van der Waals surface area contributed by atoms with Gasteiger partial charge in [-0.3, -0.25) is 18.7 Å². The van der Waals surface area contributed by atoms with Crippen LogP contribution in [0.3, 0.4) is 0 Å². The molecule has 0 fully saturated rings. The van der Waals surface area contributed by atoms with Gasteiger partial charge >= 0.3 is 5.69 Å². The summed E-state index contributed by atoms with van der Waals surface area (Å²) >= 11 is 1.23. The summed E-state index contributed by atoms with van der Waals surface area (Å²) in [6.45, 7) is 0.220. The molecule has 3 heterocycles. The van der Waals surface area contributed by atoms with E-state index < -0.39 is 17.2 Å². The molecule has 4 aromatic rings. The number of rotatable bonds is 3. The van der Waals surface area contributed by atoms with Crippen LogP contribution in [0.15, 0.2) is 62.6 Å². The SMILES string of the molecule is Cn1c(=O)c2ccc(C(=O)N=c3sccn3Cc3ccccc3F)nc2n(C)c1=O. The Balaban J connectivity index is 1.75. The van der Waals surface area contributed by atoms with Gasteiger partial charge in [0, 0.05) is 31.2 Å². The lowest BCUT2D eigenvalue weighted by Crippen LogP contribution is -2.37. The summed E-state index contributed by atoms with van der Waals surface area (Å²) in [5.41, 5.74) is -0.453. The molecule has 0 atom stereocenters. The molecule has 0 N–H and O–H groups in total. The minimum atomic E-state index is -0.630. The van der Waals surface area contributed by atoms with Gasteiger partial charge in [-0.1, -0.05) is 18.2 Å². The number of amides is 1. The van der Waals surface area contributed by atoms with Gasteiger partial charge in [-0.2, -0.15) is 4.99 Å². The highest BCUT2D eigenvalue weighted by molar-refractivity contribution is 7.07. The fourth-order valence-corrected chi connectivity index (χ4v) is 3.76. The van der Waals surface area contributed by atoms with Gasteiger partial charge in [0.1, 0.15) is 17.2 Å². The summed E-state index contributed by atoms with van der Waals surface area (Å²) in [7, 11) is 2.85. The van der Waals surface area contributed by atoms with Crippen LogP contribution in [-0.2, 0) is 20.6 Å². The van der Waals surface area contributed by atoms with Gasteiger partial charge in [-0.15, -0.1) is 11.3 Å². The van der Waals surface area contributed by atoms with Gasteiger partial charge in [0.15, 0.2) is 4.80 Å². The molecule has 1 aromatic carbocycles. The summed E-state index contributed by atoms with van der Waals surface area (Å²) < 4.78 is 17.8. The minimum Gasteiger partial charge on any atom is -0.319 e. The van der Waals surface area contributed by atoms with E-state index >= 15 is 0 Å². The Bertz CT molecular complexity index is 1480. The van der Waals surface area contributed by atoms with Gasteiger partial charge < -0.3 is 4.57 Å². The van der Waals surface area contributed by atoms with Crippen LogP contribution in [0.1, 0.15) is 16.1 Å². The van der Waals surface area contributed by atoms with Crippen LogP contribution >= 0.6 is 11.3 Å². The Hall–Kier alpha value is -3.66. The Morgan fingerprint density at radius 1 is 1.13 bits per heavy atom. The molecule has 10 heteroatoms. The second-order valence-electron chi connectivity index (χ2n) is 6.60. The summed E-state index contributed by atoms with van der Waals surface area (Å²) in [6, 6.07) is 9.23. The van der Waals surface area contributed by atoms with Crippen LogP contribution in [0.4, 0.5) is 4.39 Å². The van der Waals surface area contributed by atoms with E-state index in [1.54, 1.807) is 34.3 Å². The standard InChI is InChI=1S/C20H16FN5O3S/c1-24-16-13(18(28)25(2)20(24)29)7-8-15(22-16)17(27)23-19-26(9-10-30-19)11-12-5-3-4-6-14(12)21/h3-10H,11H2,1-2H3. The number of halogens is 1. The highest BCUT2D eigenvalue weighted by Gasteiger charge is 2.14. The predicted molar refractivity (Wildman–Crippen MR) is 110 cm³/mol. The quantitative estimate of drug-likeness (QED) is 0.496. The zero-order chi connectivity index (χ0) is 21.4. The van der Waals surface area contributed by atoms with Crippen molar-refractivity contribution in [3.8, 4) is 0 Å². The summed E-state index contributed by atoms with van der Waals surface area (Å²) in [4.78, 5) is 45.7. The molecule has 0 unspecified atom stereocenters. The summed E-state index contributed by atoms with van der Waals surface area (Å²) in [6.07, 6.45) is 1.71. The number of nitrogens with zero attached hydrogens (tertiary/aromatic N) is 5. The average molecular weight is 425 g/mol. The number of benzene rings is 1. The number of fused-ring (bicyclic) bond motifs is 1. The molecule has 30 heavy (non-hydrogen) atoms. The van der Waals surface area contributed by atoms with Crippen LogP contribution in [-0.4, -0.2) is 24.6 Å². The predicted octanol–water partition coefficient (Wildman–Crippen LogP) is 1.42. The molecule has 0 aliphatic heterocycles. The van der Waals surface area contributed by atoms with E-state index in [1.807, 2.05) is 0 Å². The smallest absolute Gasteiger partial charge is 0.319 e. The van der Waals surface area contributed by atoms with Crippen molar-refractivity contribution in [3.05, 3.63) is 90.7 Å². The van der Waals surface area contributed by atoms with E-state index in [9.17, 15) is 18.8 Å². The Morgan fingerprint density at radius 3 is 2.67 bits per heavy atom. The van der Waals surface area contributed by atoms with Crippen molar-refractivity contribution < 1.29 is 9.18 Å². The molecule has 0 radical (unpaired) electrons. The zero-order valence-electron chi connectivity index (χ0n) is 16.1. The Kier molecular flexibility index (Phi) is 5.00. The third kappa shape index (κ3) is 3.41. The van der Waals surface area contributed by atoms with Crippen LogP contribution in [0.25, 0.3) is 11.0 Å². The normalized spacial score (nSPS) is 11.9. The molecule has 0 aliphatic rings.